The summed E-state index contributed by atoms with van der Waals surface area (Å²) >= 11 is 0. The molecule has 1 aromatic heterocycles. The molecule has 1 N–H and O–H groups in total. The van der Waals surface area contributed by atoms with E-state index in [1.165, 1.54) is 12.8 Å². The van der Waals surface area contributed by atoms with Gasteiger partial charge in [-0.25, -0.2) is 0 Å². The van der Waals surface area contributed by atoms with Crippen molar-refractivity contribution in [2.45, 2.75) is 31.8 Å². The van der Waals surface area contributed by atoms with Gasteiger partial charge in [0.1, 0.15) is 5.76 Å². The van der Waals surface area contributed by atoms with Crippen molar-refractivity contribution in [3.8, 4) is 0 Å². The lowest BCUT2D eigenvalue weighted by molar-refractivity contribution is -0.135. The van der Waals surface area contributed by atoms with Crippen molar-refractivity contribution >= 4 is 5.91 Å². The molecule has 2 fully saturated rings. The molecule has 1 amide bonds. The number of nitrogens with one attached hydrogen (secondary N) is 1. The van der Waals surface area contributed by atoms with Crippen molar-refractivity contribution in [2.24, 2.45) is 0 Å². The highest BCUT2D eigenvalue weighted by atomic mass is 16.3. The molecule has 1 aromatic rings. The molecular formula is C15H23N3O2. The first kappa shape index (κ1) is 13.6. The zero-order valence-electron chi connectivity index (χ0n) is 11.9. The largest absolute Gasteiger partial charge is 0.468 e. The number of nitrogens with zero attached hydrogens (tertiary/aromatic N) is 2. The fourth-order valence-electron chi connectivity index (χ4n) is 3.03. The summed E-state index contributed by atoms with van der Waals surface area (Å²) in [6.45, 7) is 5.35. The van der Waals surface area contributed by atoms with Gasteiger partial charge in [0.25, 0.3) is 0 Å². The lowest BCUT2D eigenvalue weighted by Gasteiger charge is -2.37. The van der Waals surface area contributed by atoms with Crippen molar-refractivity contribution in [3.63, 3.8) is 0 Å². The van der Waals surface area contributed by atoms with Gasteiger partial charge in [0, 0.05) is 26.2 Å². The number of hydrogen-bond acceptors (Lipinski definition) is 4. The minimum atomic E-state index is 0.0559. The summed E-state index contributed by atoms with van der Waals surface area (Å²) in [5.74, 6) is 1.29. The lowest BCUT2D eigenvalue weighted by atomic mass is 10.0. The molecule has 20 heavy (non-hydrogen) atoms. The fourth-order valence-corrected chi connectivity index (χ4v) is 3.03. The average Bonchev–Trinajstić information content (AvgIpc) is 3.01. The van der Waals surface area contributed by atoms with E-state index in [0.717, 1.165) is 51.4 Å². The van der Waals surface area contributed by atoms with Crippen LogP contribution in [0.2, 0.25) is 0 Å². The van der Waals surface area contributed by atoms with E-state index in [9.17, 15) is 4.79 Å². The normalized spacial score (nSPS) is 24.8. The van der Waals surface area contributed by atoms with Gasteiger partial charge in [-0.2, -0.15) is 0 Å². The molecule has 0 bridgehead atoms. The van der Waals surface area contributed by atoms with Crippen LogP contribution in [-0.2, 0) is 11.3 Å². The van der Waals surface area contributed by atoms with Gasteiger partial charge in [0.2, 0.25) is 5.91 Å². The molecular weight excluding hydrogens is 254 g/mol. The third kappa shape index (κ3) is 3.22. The maximum Gasteiger partial charge on any atom is 0.239 e. The number of amides is 1. The summed E-state index contributed by atoms with van der Waals surface area (Å²) in [7, 11) is 0. The van der Waals surface area contributed by atoms with Gasteiger partial charge in [0.05, 0.1) is 18.8 Å². The molecule has 0 spiro atoms. The van der Waals surface area contributed by atoms with Gasteiger partial charge in [-0.15, -0.1) is 0 Å². The Bertz CT molecular complexity index is 418. The van der Waals surface area contributed by atoms with E-state index < -0.39 is 0 Å². The fraction of sp³-hybridized carbons (Fsp3) is 0.667. The second kappa shape index (κ2) is 6.41. The van der Waals surface area contributed by atoms with Gasteiger partial charge in [-0.05, 0) is 31.5 Å². The summed E-state index contributed by atoms with van der Waals surface area (Å²) in [5.41, 5.74) is 0. The summed E-state index contributed by atoms with van der Waals surface area (Å²) < 4.78 is 5.37. The van der Waals surface area contributed by atoms with Crippen molar-refractivity contribution < 1.29 is 9.21 Å². The molecule has 1 atom stereocenters. The monoisotopic (exact) mass is 277 g/mol. The maximum absolute atomic E-state index is 12.4. The van der Waals surface area contributed by atoms with Gasteiger partial charge in [-0.1, -0.05) is 6.42 Å². The molecule has 3 rings (SSSR count). The molecule has 0 saturated carbocycles. The van der Waals surface area contributed by atoms with Gasteiger partial charge in [-0.3, -0.25) is 9.69 Å². The summed E-state index contributed by atoms with van der Waals surface area (Å²) in [4.78, 5) is 16.8. The minimum Gasteiger partial charge on any atom is -0.468 e. The van der Waals surface area contributed by atoms with Crippen molar-refractivity contribution in [1.29, 1.82) is 0 Å². The molecule has 5 heteroatoms. The predicted molar refractivity (Wildman–Crippen MR) is 76.2 cm³/mol. The number of carbonyl (C=O) groups is 1. The van der Waals surface area contributed by atoms with Crippen molar-refractivity contribution in [2.75, 3.05) is 32.7 Å². The molecule has 2 aliphatic rings. The highest BCUT2D eigenvalue weighted by Crippen LogP contribution is 2.13. The van der Waals surface area contributed by atoms with Crippen molar-refractivity contribution in [1.82, 2.24) is 15.1 Å². The molecule has 110 valence electrons. The Hall–Kier alpha value is -1.33. The second-order valence-corrected chi connectivity index (χ2v) is 5.68. The van der Waals surface area contributed by atoms with E-state index in [1.54, 1.807) is 6.26 Å². The third-order valence-electron chi connectivity index (χ3n) is 4.25. The highest BCUT2D eigenvalue weighted by Gasteiger charge is 2.28. The van der Waals surface area contributed by atoms with Crippen LogP contribution in [0.5, 0.6) is 0 Å². The Morgan fingerprint density at radius 3 is 2.80 bits per heavy atom. The Kier molecular flexibility index (Phi) is 4.38. The molecule has 3 heterocycles. The minimum absolute atomic E-state index is 0.0559. The molecule has 5 nitrogen and oxygen atoms in total. The Morgan fingerprint density at radius 1 is 1.30 bits per heavy atom. The highest BCUT2D eigenvalue weighted by molar-refractivity contribution is 5.82. The number of carbonyl (C=O) groups excluding carboxylic acids is 1. The van der Waals surface area contributed by atoms with Crippen LogP contribution in [0.1, 0.15) is 25.0 Å². The topological polar surface area (TPSA) is 48.7 Å². The Labute approximate surface area is 119 Å². The molecule has 2 saturated heterocycles. The number of hydrogen-bond donors (Lipinski definition) is 1. The first-order valence-electron chi connectivity index (χ1n) is 7.60. The molecule has 0 aromatic carbocycles. The van der Waals surface area contributed by atoms with Crippen LogP contribution in [0.15, 0.2) is 22.8 Å². The Morgan fingerprint density at radius 2 is 2.15 bits per heavy atom. The first-order chi connectivity index (χ1) is 9.83. The standard InChI is InChI=1S/C15H23N3O2/c19-15(14-5-1-2-6-16-14)18-9-7-17(8-10-18)12-13-4-3-11-20-13/h3-4,11,14,16H,1-2,5-10,12H2. The predicted octanol–water partition coefficient (Wildman–Crippen LogP) is 1.07. The lowest BCUT2D eigenvalue weighted by Crippen LogP contribution is -2.54. The van der Waals surface area contributed by atoms with Crippen LogP contribution in [-0.4, -0.2) is 54.5 Å². The van der Waals surface area contributed by atoms with Crippen LogP contribution in [0.4, 0.5) is 0 Å². The zero-order valence-corrected chi connectivity index (χ0v) is 11.9. The van der Waals surface area contributed by atoms with E-state index >= 15 is 0 Å². The Balaban J connectivity index is 1.46. The second-order valence-electron chi connectivity index (χ2n) is 5.68. The van der Waals surface area contributed by atoms with Gasteiger partial charge in [0.15, 0.2) is 0 Å². The first-order valence-corrected chi connectivity index (χ1v) is 7.60. The smallest absolute Gasteiger partial charge is 0.239 e. The number of rotatable bonds is 3. The van der Waals surface area contributed by atoms with Crippen LogP contribution in [0.3, 0.4) is 0 Å². The van der Waals surface area contributed by atoms with Crippen LogP contribution in [0.25, 0.3) is 0 Å². The van der Waals surface area contributed by atoms with E-state index in [0.29, 0.717) is 5.91 Å². The maximum atomic E-state index is 12.4. The zero-order chi connectivity index (χ0) is 13.8. The van der Waals surface area contributed by atoms with E-state index in [1.807, 2.05) is 17.0 Å². The number of piperidine rings is 1. The average molecular weight is 277 g/mol. The SMILES string of the molecule is O=C(C1CCCCN1)N1CCN(Cc2ccco2)CC1. The third-order valence-corrected chi connectivity index (χ3v) is 4.25. The molecule has 0 radical (unpaired) electrons. The van der Waals surface area contributed by atoms with E-state index in [-0.39, 0.29) is 6.04 Å². The summed E-state index contributed by atoms with van der Waals surface area (Å²) in [6, 6.07) is 3.98. The molecule has 2 aliphatic heterocycles. The van der Waals surface area contributed by atoms with E-state index in [2.05, 4.69) is 10.2 Å². The number of furan rings is 1. The van der Waals surface area contributed by atoms with Gasteiger partial charge >= 0.3 is 0 Å². The van der Waals surface area contributed by atoms with Crippen LogP contribution < -0.4 is 5.32 Å². The van der Waals surface area contributed by atoms with Gasteiger partial charge < -0.3 is 14.6 Å². The number of piperazine rings is 1. The molecule has 1 unspecified atom stereocenters. The van der Waals surface area contributed by atoms with Crippen molar-refractivity contribution in [3.05, 3.63) is 24.2 Å². The quantitative estimate of drug-likeness (QED) is 0.898. The summed E-state index contributed by atoms with van der Waals surface area (Å²) in [6.07, 6.45) is 5.07. The van der Waals surface area contributed by atoms with Crippen LogP contribution >= 0.6 is 0 Å². The van der Waals surface area contributed by atoms with E-state index in [4.69, 9.17) is 4.42 Å². The summed E-state index contributed by atoms with van der Waals surface area (Å²) in [5, 5.41) is 3.34. The molecule has 0 aliphatic carbocycles. The van der Waals surface area contributed by atoms with Crippen LogP contribution in [0, 0.1) is 0 Å².